The Hall–Kier alpha value is -3.52. The number of hydrogen-bond acceptors (Lipinski definition) is 5. The van der Waals surface area contributed by atoms with Crippen molar-refractivity contribution in [1.29, 1.82) is 0 Å². The van der Waals surface area contributed by atoms with Gasteiger partial charge in [0.25, 0.3) is 21.8 Å². The van der Waals surface area contributed by atoms with E-state index in [-0.39, 0.29) is 23.0 Å². The van der Waals surface area contributed by atoms with E-state index in [4.69, 9.17) is 0 Å². The molecule has 0 saturated carbocycles. The first-order valence-corrected chi connectivity index (χ1v) is 11.8. The van der Waals surface area contributed by atoms with Crippen molar-refractivity contribution in [3.8, 4) is 0 Å². The number of benzene rings is 2. The van der Waals surface area contributed by atoms with Gasteiger partial charge in [0.1, 0.15) is 5.69 Å². The van der Waals surface area contributed by atoms with Crippen LogP contribution in [0.5, 0.6) is 0 Å². The average molecular weight is 450 g/mol. The molecule has 0 radical (unpaired) electrons. The van der Waals surface area contributed by atoms with Crippen LogP contribution in [0.4, 0.5) is 5.69 Å². The second kappa shape index (κ2) is 8.55. The number of sulfonamides is 1. The van der Waals surface area contributed by atoms with Crippen LogP contribution in [-0.4, -0.2) is 36.7 Å². The van der Waals surface area contributed by atoms with Gasteiger partial charge in [-0.15, -0.1) is 0 Å². The van der Waals surface area contributed by atoms with Crippen LogP contribution in [0, 0.1) is 0 Å². The maximum Gasteiger partial charge on any atom is 0.280 e. The van der Waals surface area contributed by atoms with E-state index in [1.807, 2.05) is 12.1 Å². The Balaban J connectivity index is 1.41. The molecule has 0 unspecified atom stereocenters. The number of imide groups is 1. The van der Waals surface area contributed by atoms with Crippen molar-refractivity contribution in [3.05, 3.63) is 89.2 Å². The van der Waals surface area contributed by atoms with Crippen LogP contribution in [0.25, 0.3) is 0 Å². The van der Waals surface area contributed by atoms with E-state index in [2.05, 4.69) is 23.6 Å². The highest BCUT2D eigenvalue weighted by molar-refractivity contribution is 7.92. The van der Waals surface area contributed by atoms with Crippen molar-refractivity contribution >= 4 is 27.5 Å². The number of rotatable bonds is 7. The van der Waals surface area contributed by atoms with Crippen molar-refractivity contribution in [3.63, 3.8) is 0 Å². The zero-order valence-corrected chi connectivity index (χ0v) is 18.6. The Kier molecular flexibility index (Phi) is 5.80. The Morgan fingerprint density at radius 2 is 1.62 bits per heavy atom. The normalized spacial score (nSPS) is 13.5. The van der Waals surface area contributed by atoms with Gasteiger partial charge in [0.05, 0.1) is 10.5 Å². The molecule has 0 saturated heterocycles. The van der Waals surface area contributed by atoms with Crippen LogP contribution in [0.1, 0.15) is 51.7 Å². The van der Waals surface area contributed by atoms with Gasteiger partial charge in [0.15, 0.2) is 0 Å². The Bertz CT molecular complexity index is 1230. The number of carbonyl (C=O) groups is 2. The fraction of sp³-hybridized carbons (Fsp3) is 0.208. The molecule has 32 heavy (non-hydrogen) atoms. The van der Waals surface area contributed by atoms with Crippen molar-refractivity contribution in [2.24, 2.45) is 0 Å². The summed E-state index contributed by atoms with van der Waals surface area (Å²) in [5.41, 5.74) is 2.93. The average Bonchev–Trinajstić information content (AvgIpc) is 3.03. The van der Waals surface area contributed by atoms with E-state index in [0.717, 1.165) is 11.1 Å². The number of aromatic nitrogens is 1. The Morgan fingerprint density at radius 3 is 2.25 bits per heavy atom. The highest BCUT2D eigenvalue weighted by Gasteiger charge is 2.36. The van der Waals surface area contributed by atoms with E-state index in [1.165, 1.54) is 23.2 Å². The van der Waals surface area contributed by atoms with Crippen LogP contribution in [0.15, 0.2) is 71.8 Å². The molecule has 0 fully saturated rings. The van der Waals surface area contributed by atoms with Crippen LogP contribution < -0.4 is 4.72 Å². The maximum atomic E-state index is 12.7. The molecule has 0 spiro atoms. The Morgan fingerprint density at radius 1 is 0.938 bits per heavy atom. The molecule has 1 N–H and O–H groups in total. The fourth-order valence-electron chi connectivity index (χ4n) is 3.54. The smallest absolute Gasteiger partial charge is 0.280 e. The zero-order chi connectivity index (χ0) is 22.9. The molecule has 2 amide bonds. The number of anilines is 1. The summed E-state index contributed by atoms with van der Waals surface area (Å²) >= 11 is 0. The van der Waals surface area contributed by atoms with Crippen LogP contribution in [-0.2, 0) is 16.4 Å². The van der Waals surface area contributed by atoms with Gasteiger partial charge in [-0.2, -0.15) is 0 Å². The van der Waals surface area contributed by atoms with Crippen molar-refractivity contribution in [2.75, 3.05) is 11.3 Å². The van der Waals surface area contributed by atoms with Crippen molar-refractivity contribution in [2.45, 2.75) is 31.1 Å². The SMILES string of the molecule is CC(C)c1ccc(NS(=O)(=O)c2ccc(CCN3C(=O)c4cccnc4C3=O)cc2)cc1. The number of nitrogens with one attached hydrogen (secondary N) is 1. The number of nitrogens with zero attached hydrogens (tertiary/aromatic N) is 2. The molecule has 0 atom stereocenters. The molecular formula is C24H23N3O4S. The molecule has 1 aliphatic rings. The number of fused-ring (bicyclic) bond motifs is 1. The van der Waals surface area contributed by atoms with Gasteiger partial charge >= 0.3 is 0 Å². The molecule has 3 aromatic rings. The van der Waals surface area contributed by atoms with Gasteiger partial charge in [-0.3, -0.25) is 24.2 Å². The summed E-state index contributed by atoms with van der Waals surface area (Å²) < 4.78 is 28.0. The summed E-state index contributed by atoms with van der Waals surface area (Å²) in [5, 5.41) is 0. The lowest BCUT2D eigenvalue weighted by molar-refractivity contribution is 0.0654. The van der Waals surface area contributed by atoms with E-state index in [1.54, 1.807) is 36.4 Å². The quantitative estimate of drug-likeness (QED) is 0.553. The second-order valence-electron chi connectivity index (χ2n) is 7.94. The van der Waals surface area contributed by atoms with Gasteiger partial charge in [-0.1, -0.05) is 38.1 Å². The minimum Gasteiger partial charge on any atom is -0.280 e. The van der Waals surface area contributed by atoms with Gasteiger partial charge in [-0.05, 0) is 59.9 Å². The number of amides is 2. The van der Waals surface area contributed by atoms with Gasteiger partial charge in [0.2, 0.25) is 0 Å². The fourth-order valence-corrected chi connectivity index (χ4v) is 4.60. The monoisotopic (exact) mass is 449 g/mol. The molecule has 0 aliphatic carbocycles. The van der Waals surface area contributed by atoms with Crippen LogP contribution >= 0.6 is 0 Å². The second-order valence-corrected chi connectivity index (χ2v) is 9.62. The third-order valence-corrected chi connectivity index (χ3v) is 6.82. The van der Waals surface area contributed by atoms with E-state index in [9.17, 15) is 18.0 Å². The minimum atomic E-state index is -3.72. The number of pyridine rings is 1. The lowest BCUT2D eigenvalue weighted by atomic mass is 10.0. The first-order chi connectivity index (χ1) is 15.3. The zero-order valence-electron chi connectivity index (χ0n) is 17.8. The van der Waals surface area contributed by atoms with Crippen molar-refractivity contribution < 1.29 is 18.0 Å². The summed E-state index contributed by atoms with van der Waals surface area (Å²) in [6, 6.07) is 16.9. The first kappa shape index (κ1) is 21.7. The summed E-state index contributed by atoms with van der Waals surface area (Å²) in [4.78, 5) is 30.1. The van der Waals surface area contributed by atoms with E-state index >= 15 is 0 Å². The summed E-state index contributed by atoms with van der Waals surface area (Å²) in [5.74, 6) is -0.396. The molecule has 4 rings (SSSR count). The summed E-state index contributed by atoms with van der Waals surface area (Å²) in [6.45, 7) is 4.35. The highest BCUT2D eigenvalue weighted by atomic mass is 32.2. The molecule has 8 heteroatoms. The lowest BCUT2D eigenvalue weighted by Gasteiger charge is -2.14. The van der Waals surface area contributed by atoms with Crippen LogP contribution in [0.3, 0.4) is 0 Å². The van der Waals surface area contributed by atoms with Gasteiger partial charge in [-0.25, -0.2) is 8.42 Å². The molecule has 2 heterocycles. The summed E-state index contributed by atoms with van der Waals surface area (Å²) in [6.07, 6.45) is 1.90. The standard InChI is InChI=1S/C24H23N3O4S/c1-16(2)18-7-9-19(10-8-18)26-32(30,31)20-11-5-17(6-12-20)13-15-27-23(28)21-4-3-14-25-22(21)24(27)29/h3-12,14,16,26H,13,15H2,1-2H3. The van der Waals surface area contributed by atoms with E-state index in [0.29, 0.717) is 23.6 Å². The van der Waals surface area contributed by atoms with Crippen molar-refractivity contribution in [1.82, 2.24) is 9.88 Å². The molecular weight excluding hydrogens is 426 g/mol. The summed E-state index contributed by atoms with van der Waals surface area (Å²) in [7, 11) is -3.72. The topological polar surface area (TPSA) is 96.4 Å². The van der Waals surface area contributed by atoms with E-state index < -0.39 is 15.9 Å². The molecule has 2 aromatic carbocycles. The van der Waals surface area contributed by atoms with Gasteiger partial charge in [0, 0.05) is 18.4 Å². The molecule has 164 valence electrons. The third kappa shape index (κ3) is 4.27. The largest absolute Gasteiger partial charge is 0.280 e. The maximum absolute atomic E-state index is 12.7. The first-order valence-electron chi connectivity index (χ1n) is 10.3. The minimum absolute atomic E-state index is 0.138. The predicted molar refractivity (Wildman–Crippen MR) is 121 cm³/mol. The highest BCUT2D eigenvalue weighted by Crippen LogP contribution is 2.22. The molecule has 0 bridgehead atoms. The number of carbonyl (C=O) groups excluding carboxylic acids is 2. The molecule has 7 nitrogen and oxygen atoms in total. The lowest BCUT2D eigenvalue weighted by Crippen LogP contribution is -2.31. The molecule has 1 aliphatic heterocycles. The van der Waals surface area contributed by atoms with Gasteiger partial charge < -0.3 is 0 Å². The third-order valence-electron chi connectivity index (χ3n) is 5.42. The predicted octanol–water partition coefficient (Wildman–Crippen LogP) is 3.84. The molecule has 1 aromatic heterocycles. The van der Waals surface area contributed by atoms with Crippen LogP contribution in [0.2, 0.25) is 0 Å². The number of hydrogen-bond donors (Lipinski definition) is 1. The Labute approximate surface area is 187 Å².